The van der Waals surface area contributed by atoms with Gasteiger partial charge in [0.1, 0.15) is 5.82 Å². The molecule has 3 aromatic carbocycles. The molecule has 5 rings (SSSR count). The van der Waals surface area contributed by atoms with Crippen LogP contribution in [0, 0.1) is 5.82 Å². The zero-order valence-corrected chi connectivity index (χ0v) is 15.5. The molecule has 1 aliphatic heterocycles. The van der Waals surface area contributed by atoms with E-state index in [-0.39, 0.29) is 5.56 Å². The van der Waals surface area contributed by atoms with Crippen LogP contribution in [-0.4, -0.2) is 22.9 Å². The van der Waals surface area contributed by atoms with Gasteiger partial charge in [0.2, 0.25) is 0 Å². The van der Waals surface area contributed by atoms with Gasteiger partial charge in [0, 0.05) is 11.6 Å². The number of anilines is 2. The summed E-state index contributed by atoms with van der Waals surface area (Å²) in [6.07, 6.45) is 2.06. The SMILES string of the molecule is O=C(NO)c1ccccc1C1=Nc2ccccc2N(C2CC2)c2cccc(F)c21. The van der Waals surface area contributed by atoms with Crippen LogP contribution >= 0.6 is 0 Å². The lowest BCUT2D eigenvalue weighted by Crippen LogP contribution is -2.24. The maximum absolute atomic E-state index is 15.2. The smallest absolute Gasteiger partial charge is 0.275 e. The van der Waals surface area contributed by atoms with Crippen molar-refractivity contribution in [3.8, 4) is 0 Å². The lowest BCUT2D eigenvalue weighted by atomic mass is 9.95. The molecule has 0 atom stereocenters. The first kappa shape index (κ1) is 17.6. The molecule has 29 heavy (non-hydrogen) atoms. The van der Waals surface area contributed by atoms with Gasteiger partial charge in [0.25, 0.3) is 5.91 Å². The minimum atomic E-state index is -0.669. The number of para-hydroxylation sites is 2. The summed E-state index contributed by atoms with van der Waals surface area (Å²) in [5.74, 6) is -1.07. The predicted octanol–water partition coefficient (Wildman–Crippen LogP) is 4.73. The van der Waals surface area contributed by atoms with Crippen LogP contribution in [0.5, 0.6) is 0 Å². The average molecular weight is 387 g/mol. The molecule has 0 aromatic heterocycles. The predicted molar refractivity (Wildman–Crippen MR) is 109 cm³/mol. The zero-order chi connectivity index (χ0) is 20.0. The number of amides is 1. The van der Waals surface area contributed by atoms with Crippen LogP contribution in [0.3, 0.4) is 0 Å². The second kappa shape index (κ2) is 6.83. The number of rotatable bonds is 3. The molecule has 0 bridgehead atoms. The van der Waals surface area contributed by atoms with Crippen molar-refractivity contribution in [2.75, 3.05) is 4.90 Å². The Kier molecular flexibility index (Phi) is 4.14. The maximum atomic E-state index is 15.2. The molecule has 1 aliphatic carbocycles. The lowest BCUT2D eigenvalue weighted by Gasteiger charge is -2.26. The van der Waals surface area contributed by atoms with Gasteiger partial charge in [-0.05, 0) is 43.2 Å². The van der Waals surface area contributed by atoms with Crippen molar-refractivity contribution in [2.24, 2.45) is 4.99 Å². The maximum Gasteiger partial charge on any atom is 0.275 e. The van der Waals surface area contributed by atoms with E-state index in [0.29, 0.717) is 28.6 Å². The van der Waals surface area contributed by atoms with E-state index in [1.807, 2.05) is 30.3 Å². The molecule has 1 saturated carbocycles. The number of benzene rings is 3. The molecule has 0 unspecified atom stereocenters. The summed E-state index contributed by atoms with van der Waals surface area (Å²) >= 11 is 0. The Hall–Kier alpha value is -3.51. The standard InChI is InChI=1S/C23H18FN3O2/c24-17-8-5-11-20-21(17)22(15-6-1-2-7-16(15)23(28)26-29)25-18-9-3-4-10-19(18)27(20)14-12-13-14/h1-11,14,29H,12-13H2,(H,26,28). The van der Waals surface area contributed by atoms with Gasteiger partial charge in [0.15, 0.2) is 0 Å². The monoisotopic (exact) mass is 387 g/mol. The lowest BCUT2D eigenvalue weighted by molar-refractivity contribution is 0.0706. The molecule has 2 N–H and O–H groups in total. The van der Waals surface area contributed by atoms with Crippen molar-refractivity contribution in [2.45, 2.75) is 18.9 Å². The quantitative estimate of drug-likeness (QED) is 0.505. The Bertz CT molecular complexity index is 1150. The highest BCUT2D eigenvalue weighted by molar-refractivity contribution is 6.22. The first-order valence-electron chi connectivity index (χ1n) is 9.48. The number of nitrogens with zero attached hydrogens (tertiary/aromatic N) is 2. The van der Waals surface area contributed by atoms with Gasteiger partial charge in [-0.25, -0.2) is 14.9 Å². The van der Waals surface area contributed by atoms with Crippen molar-refractivity contribution in [1.29, 1.82) is 0 Å². The minimum Gasteiger partial charge on any atom is -0.336 e. The average Bonchev–Trinajstić information content (AvgIpc) is 3.59. The first-order chi connectivity index (χ1) is 14.2. The molecule has 1 amide bonds. The normalized spacial score (nSPS) is 15.1. The Morgan fingerprint density at radius 2 is 1.72 bits per heavy atom. The first-order valence-corrected chi connectivity index (χ1v) is 9.48. The van der Waals surface area contributed by atoms with E-state index >= 15 is 4.39 Å². The van der Waals surface area contributed by atoms with E-state index in [1.54, 1.807) is 35.8 Å². The van der Waals surface area contributed by atoms with Gasteiger partial charge in [0.05, 0.1) is 33.9 Å². The second-order valence-electron chi connectivity index (χ2n) is 7.17. The summed E-state index contributed by atoms with van der Waals surface area (Å²) in [4.78, 5) is 19.2. The molecule has 144 valence electrons. The topological polar surface area (TPSA) is 64.9 Å². The number of hydrogen-bond acceptors (Lipinski definition) is 4. The fraction of sp³-hybridized carbons (Fsp3) is 0.130. The highest BCUT2D eigenvalue weighted by atomic mass is 19.1. The Morgan fingerprint density at radius 3 is 2.52 bits per heavy atom. The number of hydrogen-bond donors (Lipinski definition) is 2. The number of carbonyl (C=O) groups is 1. The summed E-state index contributed by atoms with van der Waals surface area (Å²) in [6.45, 7) is 0. The molecule has 0 radical (unpaired) electrons. The molecule has 1 heterocycles. The molecule has 0 spiro atoms. The molecule has 3 aromatic rings. The number of carbonyl (C=O) groups excluding carboxylic acids is 1. The summed E-state index contributed by atoms with van der Waals surface area (Å²) in [5, 5.41) is 9.18. The van der Waals surface area contributed by atoms with Crippen LogP contribution in [0.25, 0.3) is 0 Å². The summed E-state index contributed by atoms with van der Waals surface area (Å²) in [5.41, 5.74) is 5.44. The third-order valence-corrected chi connectivity index (χ3v) is 5.30. The van der Waals surface area contributed by atoms with Gasteiger partial charge < -0.3 is 4.90 Å². The summed E-state index contributed by atoms with van der Waals surface area (Å²) < 4.78 is 15.2. The molecule has 6 heteroatoms. The zero-order valence-electron chi connectivity index (χ0n) is 15.5. The number of fused-ring (bicyclic) bond motifs is 2. The van der Waals surface area contributed by atoms with Crippen LogP contribution in [-0.2, 0) is 0 Å². The van der Waals surface area contributed by atoms with E-state index in [9.17, 15) is 10.0 Å². The van der Waals surface area contributed by atoms with E-state index in [2.05, 4.69) is 4.90 Å². The molecule has 0 saturated heterocycles. The van der Waals surface area contributed by atoms with E-state index in [1.165, 1.54) is 6.07 Å². The van der Waals surface area contributed by atoms with Crippen molar-refractivity contribution in [3.05, 3.63) is 89.2 Å². The Balaban J connectivity index is 1.84. The van der Waals surface area contributed by atoms with Crippen LogP contribution in [0.2, 0.25) is 0 Å². The molecule has 1 fully saturated rings. The fourth-order valence-electron chi connectivity index (χ4n) is 3.89. The van der Waals surface area contributed by atoms with Gasteiger partial charge in [-0.15, -0.1) is 0 Å². The highest BCUT2D eigenvalue weighted by Crippen LogP contribution is 2.47. The van der Waals surface area contributed by atoms with Crippen molar-refractivity contribution in [3.63, 3.8) is 0 Å². The van der Waals surface area contributed by atoms with Crippen molar-refractivity contribution < 1.29 is 14.4 Å². The van der Waals surface area contributed by atoms with Gasteiger partial charge in [-0.3, -0.25) is 10.0 Å². The molecule has 5 nitrogen and oxygen atoms in total. The van der Waals surface area contributed by atoms with E-state index in [4.69, 9.17) is 4.99 Å². The fourth-order valence-corrected chi connectivity index (χ4v) is 3.89. The third kappa shape index (κ3) is 2.89. The van der Waals surface area contributed by atoms with Crippen LogP contribution < -0.4 is 10.4 Å². The summed E-state index contributed by atoms with van der Waals surface area (Å²) in [7, 11) is 0. The van der Waals surface area contributed by atoms with E-state index in [0.717, 1.165) is 24.2 Å². The van der Waals surface area contributed by atoms with Crippen molar-refractivity contribution >= 4 is 28.7 Å². The van der Waals surface area contributed by atoms with Crippen molar-refractivity contribution in [1.82, 2.24) is 5.48 Å². The second-order valence-corrected chi connectivity index (χ2v) is 7.17. The van der Waals surface area contributed by atoms with E-state index < -0.39 is 11.7 Å². The van der Waals surface area contributed by atoms with Gasteiger partial charge in [-0.1, -0.05) is 36.4 Å². The van der Waals surface area contributed by atoms with Crippen LogP contribution in [0.4, 0.5) is 21.5 Å². The third-order valence-electron chi connectivity index (χ3n) is 5.30. The number of aliphatic imine (C=N–C) groups is 1. The number of nitrogens with one attached hydrogen (secondary N) is 1. The summed E-state index contributed by atoms with van der Waals surface area (Å²) in [6, 6.07) is 19.8. The van der Waals surface area contributed by atoms with Gasteiger partial charge >= 0.3 is 0 Å². The number of hydroxylamine groups is 1. The number of halogens is 1. The van der Waals surface area contributed by atoms with Crippen LogP contribution in [0.1, 0.15) is 34.3 Å². The molecular formula is C23H18FN3O2. The Morgan fingerprint density at radius 1 is 1.00 bits per heavy atom. The van der Waals surface area contributed by atoms with Crippen LogP contribution in [0.15, 0.2) is 71.7 Å². The largest absolute Gasteiger partial charge is 0.336 e. The Labute approximate surface area is 167 Å². The van der Waals surface area contributed by atoms with Gasteiger partial charge in [-0.2, -0.15) is 0 Å². The highest BCUT2D eigenvalue weighted by Gasteiger charge is 2.36. The minimum absolute atomic E-state index is 0.223. The molecule has 2 aliphatic rings. The molecular weight excluding hydrogens is 369 g/mol.